The number of rotatable bonds is 4. The average molecular weight is 259 g/mol. The van der Waals surface area contributed by atoms with E-state index in [1.54, 1.807) is 0 Å². The maximum Gasteiger partial charge on any atom is 0.192 e. The molecule has 4 nitrogen and oxygen atoms in total. The summed E-state index contributed by atoms with van der Waals surface area (Å²) in [6.07, 6.45) is 3.87. The summed E-state index contributed by atoms with van der Waals surface area (Å²) >= 11 is 0. The lowest BCUT2D eigenvalue weighted by atomic mass is 9.95. The van der Waals surface area contributed by atoms with Gasteiger partial charge in [-0.15, -0.1) is 0 Å². The number of benzene rings is 1. The smallest absolute Gasteiger partial charge is 0.192 e. The summed E-state index contributed by atoms with van der Waals surface area (Å²) in [6, 6.07) is 6.12. The maximum absolute atomic E-state index is 5.48. The highest BCUT2D eigenvalue weighted by Crippen LogP contribution is 2.20. The summed E-state index contributed by atoms with van der Waals surface area (Å²) < 4.78 is 5.48. The molecule has 4 heteroatoms. The summed E-state index contributed by atoms with van der Waals surface area (Å²) in [6.45, 7) is 5.26. The fraction of sp³-hybridized carbons (Fsp3) is 0.533. The fourth-order valence-corrected chi connectivity index (χ4v) is 2.74. The SMILES string of the molecule is Cc1nc2cc(NCCC3CCNCC3)ccc2o1. The zero-order chi connectivity index (χ0) is 13.1. The van der Waals surface area contributed by atoms with Crippen molar-refractivity contribution in [1.29, 1.82) is 0 Å². The standard InChI is InChI=1S/C15H21N3O/c1-11-18-14-10-13(2-3-15(14)19-11)17-9-6-12-4-7-16-8-5-12/h2-3,10,12,16-17H,4-9H2,1H3. The quantitative estimate of drug-likeness (QED) is 0.886. The summed E-state index contributed by atoms with van der Waals surface area (Å²) in [7, 11) is 0. The number of aryl methyl sites for hydroxylation is 1. The Morgan fingerprint density at radius 2 is 2.21 bits per heavy atom. The Morgan fingerprint density at radius 3 is 3.05 bits per heavy atom. The van der Waals surface area contributed by atoms with Gasteiger partial charge in [-0.25, -0.2) is 4.98 Å². The van der Waals surface area contributed by atoms with Crippen LogP contribution in [0.5, 0.6) is 0 Å². The van der Waals surface area contributed by atoms with Crippen molar-refractivity contribution in [1.82, 2.24) is 10.3 Å². The third-order valence-corrected chi connectivity index (χ3v) is 3.83. The Balaban J connectivity index is 1.55. The van der Waals surface area contributed by atoms with Crippen molar-refractivity contribution < 1.29 is 4.42 Å². The lowest BCUT2D eigenvalue weighted by Crippen LogP contribution is -2.28. The zero-order valence-corrected chi connectivity index (χ0v) is 11.4. The van der Waals surface area contributed by atoms with Gasteiger partial charge in [0, 0.05) is 19.2 Å². The third-order valence-electron chi connectivity index (χ3n) is 3.83. The zero-order valence-electron chi connectivity index (χ0n) is 11.4. The Bertz CT molecular complexity index is 543. The molecule has 102 valence electrons. The topological polar surface area (TPSA) is 50.1 Å². The molecule has 1 fully saturated rings. The van der Waals surface area contributed by atoms with E-state index in [1.807, 2.05) is 13.0 Å². The molecular formula is C15H21N3O. The molecule has 0 saturated carbocycles. The van der Waals surface area contributed by atoms with E-state index >= 15 is 0 Å². The second-order valence-electron chi connectivity index (χ2n) is 5.32. The van der Waals surface area contributed by atoms with Crippen LogP contribution in [0, 0.1) is 12.8 Å². The maximum atomic E-state index is 5.48. The molecule has 1 aromatic heterocycles. The Labute approximate surface area is 113 Å². The number of anilines is 1. The van der Waals surface area contributed by atoms with Gasteiger partial charge in [0.2, 0.25) is 0 Å². The van der Waals surface area contributed by atoms with E-state index in [2.05, 4.69) is 27.8 Å². The summed E-state index contributed by atoms with van der Waals surface area (Å²) in [5.74, 6) is 1.59. The molecule has 3 rings (SSSR count). The largest absolute Gasteiger partial charge is 0.441 e. The van der Waals surface area contributed by atoms with Gasteiger partial charge in [0.1, 0.15) is 5.52 Å². The first-order chi connectivity index (χ1) is 9.31. The van der Waals surface area contributed by atoms with Crippen molar-refractivity contribution in [2.45, 2.75) is 26.2 Å². The van der Waals surface area contributed by atoms with Gasteiger partial charge in [-0.3, -0.25) is 0 Å². The van der Waals surface area contributed by atoms with Gasteiger partial charge in [-0.2, -0.15) is 0 Å². The van der Waals surface area contributed by atoms with Crippen LogP contribution in [0.25, 0.3) is 11.1 Å². The predicted molar refractivity (Wildman–Crippen MR) is 77.4 cm³/mol. The van der Waals surface area contributed by atoms with Crippen molar-refractivity contribution in [3.8, 4) is 0 Å². The first-order valence-corrected chi connectivity index (χ1v) is 7.13. The molecule has 1 aliphatic rings. The Hall–Kier alpha value is -1.55. The molecule has 0 atom stereocenters. The molecule has 0 aliphatic carbocycles. The van der Waals surface area contributed by atoms with Crippen LogP contribution in [-0.2, 0) is 0 Å². The van der Waals surface area contributed by atoms with Crippen LogP contribution in [-0.4, -0.2) is 24.6 Å². The number of nitrogens with one attached hydrogen (secondary N) is 2. The lowest BCUT2D eigenvalue weighted by molar-refractivity contribution is 0.361. The number of nitrogens with zero attached hydrogens (tertiary/aromatic N) is 1. The molecule has 0 spiro atoms. The van der Waals surface area contributed by atoms with Crippen LogP contribution < -0.4 is 10.6 Å². The van der Waals surface area contributed by atoms with E-state index in [1.165, 1.54) is 32.4 Å². The summed E-state index contributed by atoms with van der Waals surface area (Å²) in [5.41, 5.74) is 2.93. The lowest BCUT2D eigenvalue weighted by Gasteiger charge is -2.22. The van der Waals surface area contributed by atoms with Crippen LogP contribution in [0.3, 0.4) is 0 Å². The first-order valence-electron chi connectivity index (χ1n) is 7.13. The van der Waals surface area contributed by atoms with Crippen LogP contribution in [0.2, 0.25) is 0 Å². The van der Waals surface area contributed by atoms with E-state index in [0.717, 1.165) is 35.1 Å². The van der Waals surface area contributed by atoms with Gasteiger partial charge < -0.3 is 15.1 Å². The molecule has 1 aliphatic heterocycles. The molecule has 0 unspecified atom stereocenters. The van der Waals surface area contributed by atoms with E-state index in [4.69, 9.17) is 4.42 Å². The number of piperidine rings is 1. The van der Waals surface area contributed by atoms with E-state index in [0.29, 0.717) is 0 Å². The van der Waals surface area contributed by atoms with Crippen molar-refractivity contribution in [3.63, 3.8) is 0 Å². The number of hydrogen-bond acceptors (Lipinski definition) is 4. The monoisotopic (exact) mass is 259 g/mol. The number of hydrogen-bond donors (Lipinski definition) is 2. The van der Waals surface area contributed by atoms with Crippen molar-refractivity contribution >= 4 is 16.8 Å². The van der Waals surface area contributed by atoms with Gasteiger partial charge >= 0.3 is 0 Å². The van der Waals surface area contributed by atoms with Crippen LogP contribution >= 0.6 is 0 Å². The minimum atomic E-state index is 0.724. The second kappa shape index (κ2) is 5.61. The molecule has 1 saturated heterocycles. The molecule has 2 aromatic rings. The Kier molecular flexibility index (Phi) is 3.69. The third kappa shape index (κ3) is 3.07. The van der Waals surface area contributed by atoms with Crippen LogP contribution in [0.4, 0.5) is 5.69 Å². The van der Waals surface area contributed by atoms with Gasteiger partial charge in [0.15, 0.2) is 11.5 Å². The molecule has 2 N–H and O–H groups in total. The minimum Gasteiger partial charge on any atom is -0.441 e. The second-order valence-corrected chi connectivity index (χ2v) is 5.32. The van der Waals surface area contributed by atoms with Crippen LogP contribution in [0.15, 0.2) is 22.6 Å². The van der Waals surface area contributed by atoms with Gasteiger partial charge in [0.25, 0.3) is 0 Å². The minimum absolute atomic E-state index is 0.724. The number of fused-ring (bicyclic) bond motifs is 1. The van der Waals surface area contributed by atoms with Gasteiger partial charge in [0.05, 0.1) is 0 Å². The predicted octanol–water partition coefficient (Wildman–Crippen LogP) is 2.94. The van der Waals surface area contributed by atoms with Crippen molar-refractivity contribution in [2.75, 3.05) is 25.0 Å². The fourth-order valence-electron chi connectivity index (χ4n) is 2.74. The van der Waals surface area contributed by atoms with Gasteiger partial charge in [-0.05, 0) is 56.5 Å². The van der Waals surface area contributed by atoms with Crippen molar-refractivity contribution in [3.05, 3.63) is 24.1 Å². The number of aromatic nitrogens is 1. The normalized spacial score (nSPS) is 16.9. The molecular weight excluding hydrogens is 238 g/mol. The van der Waals surface area contributed by atoms with E-state index in [9.17, 15) is 0 Å². The number of oxazole rings is 1. The van der Waals surface area contributed by atoms with E-state index < -0.39 is 0 Å². The highest BCUT2D eigenvalue weighted by molar-refractivity contribution is 5.77. The molecule has 2 heterocycles. The Morgan fingerprint density at radius 1 is 1.37 bits per heavy atom. The first kappa shape index (κ1) is 12.5. The molecule has 0 bridgehead atoms. The highest BCUT2D eigenvalue weighted by Gasteiger charge is 2.12. The highest BCUT2D eigenvalue weighted by atomic mass is 16.3. The molecule has 0 radical (unpaired) electrons. The van der Waals surface area contributed by atoms with Crippen LogP contribution in [0.1, 0.15) is 25.2 Å². The summed E-state index contributed by atoms with van der Waals surface area (Å²) in [4.78, 5) is 4.36. The average Bonchev–Trinajstić information content (AvgIpc) is 2.79. The molecule has 19 heavy (non-hydrogen) atoms. The van der Waals surface area contributed by atoms with E-state index in [-0.39, 0.29) is 0 Å². The molecule has 1 aromatic carbocycles. The summed E-state index contributed by atoms with van der Waals surface area (Å²) in [5, 5.41) is 6.90. The molecule has 0 amide bonds. The van der Waals surface area contributed by atoms with Crippen molar-refractivity contribution in [2.24, 2.45) is 5.92 Å². The van der Waals surface area contributed by atoms with Gasteiger partial charge in [-0.1, -0.05) is 0 Å².